The van der Waals surface area contributed by atoms with Crippen molar-refractivity contribution in [3.05, 3.63) is 59.3 Å². The van der Waals surface area contributed by atoms with Crippen LogP contribution in [-0.2, 0) is 0 Å². The first-order valence-corrected chi connectivity index (χ1v) is 11.6. The zero-order valence-corrected chi connectivity index (χ0v) is 19.1. The van der Waals surface area contributed by atoms with Crippen molar-refractivity contribution < 1.29 is 8.78 Å². The van der Waals surface area contributed by atoms with Gasteiger partial charge in [-0.15, -0.1) is 0 Å². The molecule has 0 N–H and O–H groups in total. The van der Waals surface area contributed by atoms with E-state index in [0.29, 0.717) is 22.2 Å². The highest BCUT2D eigenvalue weighted by molar-refractivity contribution is 6.32. The summed E-state index contributed by atoms with van der Waals surface area (Å²) in [5.41, 5.74) is 1.12. The molecule has 4 heterocycles. The van der Waals surface area contributed by atoms with Gasteiger partial charge in [0.25, 0.3) is 0 Å². The number of halogens is 3. The molecule has 9 heteroatoms. The van der Waals surface area contributed by atoms with E-state index >= 15 is 0 Å². The molecule has 2 aliphatic rings. The molecule has 0 spiro atoms. The molecule has 5 rings (SSSR count). The summed E-state index contributed by atoms with van der Waals surface area (Å²) in [7, 11) is 0. The molecule has 2 saturated heterocycles. The average molecular weight is 471 g/mol. The van der Waals surface area contributed by atoms with Gasteiger partial charge in [-0.05, 0) is 50.1 Å². The van der Waals surface area contributed by atoms with Crippen LogP contribution >= 0.6 is 11.6 Å². The molecular weight excluding hydrogens is 446 g/mol. The maximum absolute atomic E-state index is 14.0. The average Bonchev–Trinajstić information content (AvgIpc) is 3.36. The molecule has 33 heavy (non-hydrogen) atoms. The van der Waals surface area contributed by atoms with E-state index in [0.717, 1.165) is 63.3 Å². The first-order valence-electron chi connectivity index (χ1n) is 11.2. The van der Waals surface area contributed by atoms with Crippen LogP contribution < -0.4 is 14.7 Å². The first kappa shape index (κ1) is 21.8. The van der Waals surface area contributed by atoms with Gasteiger partial charge in [0.05, 0.1) is 10.7 Å². The van der Waals surface area contributed by atoms with Gasteiger partial charge in [-0.1, -0.05) is 11.6 Å². The zero-order chi connectivity index (χ0) is 22.9. The normalized spacial score (nSPS) is 18.8. The van der Waals surface area contributed by atoms with Crippen molar-refractivity contribution in [2.24, 2.45) is 0 Å². The predicted octanol–water partition coefficient (Wildman–Crippen LogP) is 4.79. The maximum Gasteiger partial charge on any atom is 0.227 e. The minimum atomic E-state index is -0.885. The number of hydrogen-bond acceptors (Lipinski definition) is 6. The van der Waals surface area contributed by atoms with Gasteiger partial charge in [-0.25, -0.2) is 18.7 Å². The Balaban J connectivity index is 1.47. The van der Waals surface area contributed by atoms with Crippen molar-refractivity contribution in [2.75, 3.05) is 47.4 Å². The second kappa shape index (κ2) is 9.09. The Morgan fingerprint density at radius 3 is 2.48 bits per heavy atom. The van der Waals surface area contributed by atoms with E-state index in [-0.39, 0.29) is 6.04 Å². The number of anilines is 3. The SMILES string of the molecule is C[C@@H]1CN(c2ncccc2Cl)CCN1c1cc(-c2ccc(F)c(F)c2)nc(N2CCCC2)n1. The summed E-state index contributed by atoms with van der Waals surface area (Å²) in [6.45, 7) is 6.12. The van der Waals surface area contributed by atoms with E-state index in [1.165, 1.54) is 6.07 Å². The lowest BCUT2D eigenvalue weighted by molar-refractivity contribution is 0.509. The molecule has 0 radical (unpaired) electrons. The molecule has 1 atom stereocenters. The fraction of sp³-hybridized carbons (Fsp3) is 0.375. The summed E-state index contributed by atoms with van der Waals surface area (Å²) < 4.78 is 27.5. The van der Waals surface area contributed by atoms with E-state index < -0.39 is 11.6 Å². The quantitative estimate of drug-likeness (QED) is 0.546. The number of nitrogens with zero attached hydrogens (tertiary/aromatic N) is 6. The van der Waals surface area contributed by atoms with Crippen molar-refractivity contribution in [3.63, 3.8) is 0 Å². The van der Waals surface area contributed by atoms with Crippen LogP contribution in [0.1, 0.15) is 19.8 Å². The molecular formula is C24H25ClF2N6. The van der Waals surface area contributed by atoms with Crippen molar-refractivity contribution >= 4 is 29.2 Å². The fourth-order valence-electron chi connectivity index (χ4n) is 4.53. The van der Waals surface area contributed by atoms with Crippen LogP contribution in [0, 0.1) is 11.6 Å². The molecule has 6 nitrogen and oxygen atoms in total. The molecule has 0 unspecified atom stereocenters. The van der Waals surface area contributed by atoms with Crippen molar-refractivity contribution in [1.82, 2.24) is 15.0 Å². The molecule has 3 aromatic rings. The number of pyridine rings is 1. The summed E-state index contributed by atoms with van der Waals surface area (Å²) in [6.07, 6.45) is 3.93. The third-order valence-corrected chi connectivity index (χ3v) is 6.56. The molecule has 2 fully saturated rings. The Hall–Kier alpha value is -3.00. The number of piperazine rings is 1. The van der Waals surface area contributed by atoms with Gasteiger partial charge in [0.15, 0.2) is 11.6 Å². The summed E-state index contributed by atoms with van der Waals surface area (Å²) in [6, 6.07) is 9.57. The summed E-state index contributed by atoms with van der Waals surface area (Å²) >= 11 is 6.36. The monoisotopic (exact) mass is 470 g/mol. The topological polar surface area (TPSA) is 48.4 Å². The molecule has 0 bridgehead atoms. The first-order chi connectivity index (χ1) is 16.0. The van der Waals surface area contributed by atoms with Crippen LogP contribution in [0.15, 0.2) is 42.6 Å². The Labute approximate surface area is 196 Å². The molecule has 2 aliphatic heterocycles. The lowest BCUT2D eigenvalue weighted by atomic mass is 10.1. The Bertz CT molecular complexity index is 1150. The van der Waals surface area contributed by atoms with Crippen molar-refractivity contribution in [2.45, 2.75) is 25.8 Å². The molecule has 0 aliphatic carbocycles. The largest absolute Gasteiger partial charge is 0.352 e. The van der Waals surface area contributed by atoms with E-state index in [4.69, 9.17) is 21.6 Å². The molecule has 0 amide bonds. The second-order valence-corrected chi connectivity index (χ2v) is 8.94. The van der Waals surface area contributed by atoms with Crippen LogP contribution in [0.25, 0.3) is 11.3 Å². The summed E-state index contributed by atoms with van der Waals surface area (Å²) in [5.74, 6) is 0.446. The third-order valence-electron chi connectivity index (χ3n) is 6.27. The highest BCUT2D eigenvalue weighted by Crippen LogP contribution is 2.31. The summed E-state index contributed by atoms with van der Waals surface area (Å²) in [5, 5.41) is 0.636. The van der Waals surface area contributed by atoms with Gasteiger partial charge in [-0.3, -0.25) is 0 Å². The number of rotatable bonds is 4. The van der Waals surface area contributed by atoms with E-state index in [2.05, 4.69) is 26.6 Å². The van der Waals surface area contributed by atoms with E-state index in [9.17, 15) is 8.78 Å². The van der Waals surface area contributed by atoms with Gasteiger partial charge in [-0.2, -0.15) is 4.98 Å². The minimum Gasteiger partial charge on any atom is -0.352 e. The lowest BCUT2D eigenvalue weighted by Crippen LogP contribution is -2.52. The molecule has 0 saturated carbocycles. The van der Waals surface area contributed by atoms with Gasteiger partial charge >= 0.3 is 0 Å². The van der Waals surface area contributed by atoms with Gasteiger partial charge < -0.3 is 14.7 Å². The smallest absolute Gasteiger partial charge is 0.227 e. The van der Waals surface area contributed by atoms with Crippen LogP contribution in [0.4, 0.5) is 26.4 Å². The predicted molar refractivity (Wildman–Crippen MR) is 127 cm³/mol. The molecule has 1 aromatic carbocycles. The van der Waals surface area contributed by atoms with Crippen LogP contribution in [0.5, 0.6) is 0 Å². The third kappa shape index (κ3) is 4.44. The lowest BCUT2D eigenvalue weighted by Gasteiger charge is -2.41. The van der Waals surface area contributed by atoms with Crippen molar-refractivity contribution in [3.8, 4) is 11.3 Å². The number of aromatic nitrogens is 3. The van der Waals surface area contributed by atoms with Crippen LogP contribution in [-0.4, -0.2) is 53.7 Å². The Kier molecular flexibility index (Phi) is 6.01. The number of benzene rings is 1. The van der Waals surface area contributed by atoms with Crippen LogP contribution in [0.3, 0.4) is 0 Å². The standard InChI is InChI=1S/C24H25ClF2N6/c1-16-15-32(23-18(25)5-4-8-28-23)11-12-33(16)22-14-21(17-6-7-19(26)20(27)13-17)29-24(30-22)31-9-2-3-10-31/h4-8,13-14,16H,2-3,9-12,15H2,1H3/t16-/m1/s1. The zero-order valence-electron chi connectivity index (χ0n) is 18.4. The van der Waals surface area contributed by atoms with Gasteiger partial charge in [0.2, 0.25) is 5.95 Å². The molecule has 172 valence electrons. The number of hydrogen-bond donors (Lipinski definition) is 0. The highest BCUT2D eigenvalue weighted by Gasteiger charge is 2.28. The maximum atomic E-state index is 14.0. The second-order valence-electron chi connectivity index (χ2n) is 8.53. The minimum absolute atomic E-state index is 0.135. The van der Waals surface area contributed by atoms with E-state index in [1.54, 1.807) is 12.3 Å². The van der Waals surface area contributed by atoms with E-state index in [1.807, 2.05) is 18.2 Å². The van der Waals surface area contributed by atoms with Crippen LogP contribution in [0.2, 0.25) is 5.02 Å². The Morgan fingerprint density at radius 1 is 0.939 bits per heavy atom. The summed E-state index contributed by atoms with van der Waals surface area (Å²) in [4.78, 5) is 20.6. The Morgan fingerprint density at radius 2 is 1.76 bits per heavy atom. The highest BCUT2D eigenvalue weighted by atomic mass is 35.5. The molecule has 2 aromatic heterocycles. The van der Waals surface area contributed by atoms with Gasteiger partial charge in [0.1, 0.15) is 11.6 Å². The fourth-order valence-corrected chi connectivity index (χ4v) is 4.77. The van der Waals surface area contributed by atoms with Crippen molar-refractivity contribution in [1.29, 1.82) is 0 Å². The van der Waals surface area contributed by atoms with Gasteiger partial charge in [0, 0.05) is 56.6 Å².